The minimum Gasteiger partial charge on any atom is -0.481 e. The van der Waals surface area contributed by atoms with Gasteiger partial charge in [0, 0.05) is 59.6 Å². The van der Waals surface area contributed by atoms with Gasteiger partial charge in [0.25, 0.3) is 17.4 Å². The predicted octanol–water partition coefficient (Wildman–Crippen LogP) is 0.905. The van der Waals surface area contributed by atoms with E-state index in [4.69, 9.17) is 19.6 Å². The lowest BCUT2D eigenvalue weighted by molar-refractivity contribution is -0.134. The predicted molar refractivity (Wildman–Crippen MR) is 132 cm³/mol. The summed E-state index contributed by atoms with van der Waals surface area (Å²) in [6.07, 6.45) is 3.65. The number of carbonyl (C=O) groups is 2. The molecule has 0 bridgehead atoms. The van der Waals surface area contributed by atoms with Crippen LogP contribution in [0.3, 0.4) is 0 Å². The Labute approximate surface area is 204 Å². The molecule has 1 saturated heterocycles. The molecule has 0 aliphatic carbocycles. The molecule has 0 unspecified atom stereocenters. The van der Waals surface area contributed by atoms with Crippen molar-refractivity contribution in [3.05, 3.63) is 45.4 Å². The molecule has 11 nitrogen and oxygen atoms in total. The number of carboxylic acid groups (broad SMARTS) is 1. The van der Waals surface area contributed by atoms with Crippen LogP contribution in [0, 0.1) is 18.3 Å². The molecule has 1 aliphatic rings. The summed E-state index contributed by atoms with van der Waals surface area (Å²) in [5.41, 5.74) is 1.26. The molecule has 2 aromatic heterocycles. The number of nitrogens with one attached hydrogen (secondary N) is 1. The first kappa shape index (κ1) is 27.5. The van der Waals surface area contributed by atoms with Crippen LogP contribution in [-0.2, 0) is 14.3 Å². The maximum absolute atomic E-state index is 13.4. The maximum Gasteiger partial charge on any atom is 0.300 e. The number of methoxy groups -OCH3 is 1. The van der Waals surface area contributed by atoms with Crippen LogP contribution in [-0.4, -0.2) is 84.8 Å². The van der Waals surface area contributed by atoms with Gasteiger partial charge in [-0.3, -0.25) is 18.8 Å². The summed E-state index contributed by atoms with van der Waals surface area (Å²) in [6.45, 7) is 6.96. The molecule has 1 aliphatic heterocycles. The molecule has 0 atom stereocenters. The Kier molecular flexibility index (Phi) is 10.4. The number of hydrogen-bond donors (Lipinski definition) is 2. The molecule has 0 radical (unpaired) electrons. The van der Waals surface area contributed by atoms with E-state index in [1.807, 2.05) is 31.0 Å². The molecule has 35 heavy (non-hydrogen) atoms. The molecule has 2 aromatic rings. The van der Waals surface area contributed by atoms with Crippen LogP contribution >= 0.6 is 0 Å². The van der Waals surface area contributed by atoms with Crippen molar-refractivity contribution in [2.75, 3.05) is 58.4 Å². The number of ether oxygens (including phenoxy) is 1. The Balaban J connectivity index is 0.00000100. The SMILES string of the molecule is CC(=O)O.COCCCNC(=O)/C(C#N)=C\c1c(N2CCN(C)CC2)nc2c(C)cccn2c1=O. The fraction of sp³-hybridized carbons (Fsp3) is 0.458. The number of nitriles is 1. The third kappa shape index (κ3) is 7.63. The monoisotopic (exact) mass is 484 g/mol. The van der Waals surface area contributed by atoms with Gasteiger partial charge in [0.05, 0.1) is 5.56 Å². The number of nitrogens with zero attached hydrogens (tertiary/aromatic N) is 5. The number of fused-ring (bicyclic) bond motifs is 1. The molecule has 2 N–H and O–H groups in total. The average Bonchev–Trinajstić information content (AvgIpc) is 2.82. The molecule has 3 heterocycles. The third-order valence-corrected chi connectivity index (χ3v) is 5.33. The van der Waals surface area contributed by atoms with E-state index in [2.05, 4.69) is 10.2 Å². The highest BCUT2D eigenvalue weighted by Crippen LogP contribution is 2.21. The summed E-state index contributed by atoms with van der Waals surface area (Å²) in [7, 11) is 3.64. The number of amides is 1. The van der Waals surface area contributed by atoms with Gasteiger partial charge >= 0.3 is 0 Å². The Morgan fingerprint density at radius 1 is 1.31 bits per heavy atom. The van der Waals surface area contributed by atoms with Gasteiger partial charge < -0.3 is 25.0 Å². The smallest absolute Gasteiger partial charge is 0.300 e. The van der Waals surface area contributed by atoms with Crippen molar-refractivity contribution in [2.45, 2.75) is 20.3 Å². The number of pyridine rings is 1. The van der Waals surface area contributed by atoms with Gasteiger partial charge in [0.1, 0.15) is 23.1 Å². The maximum atomic E-state index is 13.4. The molecular formula is C24H32N6O5. The van der Waals surface area contributed by atoms with E-state index in [-0.39, 0.29) is 16.7 Å². The summed E-state index contributed by atoms with van der Waals surface area (Å²) in [6, 6.07) is 5.61. The number of rotatable bonds is 7. The number of anilines is 1. The highest BCUT2D eigenvalue weighted by molar-refractivity contribution is 6.02. The standard InChI is InChI=1S/C22H28N6O3.C2H4O2/c1-16-6-4-8-28-19(16)25-20(27-11-9-26(2)10-12-27)18(22(28)30)14-17(15-23)21(29)24-7-5-13-31-3;1-2(3)4/h4,6,8,14H,5,7,9-13H2,1-3H3,(H,24,29);1H3,(H,3,4)/b17-14-;. The number of aryl methyl sites for hydroxylation is 1. The largest absolute Gasteiger partial charge is 0.481 e. The first-order valence-electron chi connectivity index (χ1n) is 11.2. The van der Waals surface area contributed by atoms with E-state index < -0.39 is 11.9 Å². The summed E-state index contributed by atoms with van der Waals surface area (Å²) in [5.74, 6) is -0.844. The molecule has 0 aromatic carbocycles. The molecular weight excluding hydrogens is 452 g/mol. The summed E-state index contributed by atoms with van der Waals surface area (Å²) in [5, 5.41) is 19.7. The van der Waals surface area contributed by atoms with Gasteiger partial charge in [-0.25, -0.2) is 4.98 Å². The fourth-order valence-corrected chi connectivity index (χ4v) is 3.49. The van der Waals surface area contributed by atoms with Crippen molar-refractivity contribution >= 4 is 29.4 Å². The van der Waals surface area contributed by atoms with E-state index in [9.17, 15) is 14.9 Å². The van der Waals surface area contributed by atoms with Crippen LogP contribution in [0.15, 0.2) is 28.7 Å². The quantitative estimate of drug-likeness (QED) is 0.333. The van der Waals surface area contributed by atoms with Crippen LogP contribution in [0.25, 0.3) is 11.7 Å². The van der Waals surface area contributed by atoms with Crippen LogP contribution in [0.1, 0.15) is 24.5 Å². The molecule has 0 saturated carbocycles. The molecule has 3 rings (SSSR count). The summed E-state index contributed by atoms with van der Waals surface area (Å²) >= 11 is 0. The lowest BCUT2D eigenvalue weighted by Gasteiger charge is -2.34. The lowest BCUT2D eigenvalue weighted by atomic mass is 10.1. The van der Waals surface area contributed by atoms with Crippen molar-refractivity contribution in [1.82, 2.24) is 19.6 Å². The van der Waals surface area contributed by atoms with Gasteiger partial charge in [-0.2, -0.15) is 5.26 Å². The highest BCUT2D eigenvalue weighted by atomic mass is 16.5. The highest BCUT2D eigenvalue weighted by Gasteiger charge is 2.22. The first-order valence-corrected chi connectivity index (χ1v) is 11.2. The zero-order chi connectivity index (χ0) is 26.0. The fourth-order valence-electron chi connectivity index (χ4n) is 3.49. The number of aliphatic carboxylic acids is 1. The van der Waals surface area contributed by atoms with E-state index in [0.717, 1.165) is 25.6 Å². The number of likely N-dealkylation sites (N-methyl/N-ethyl adjacent to an activating group) is 1. The van der Waals surface area contributed by atoms with E-state index in [1.165, 1.54) is 10.5 Å². The third-order valence-electron chi connectivity index (χ3n) is 5.33. The second-order valence-electron chi connectivity index (χ2n) is 8.12. The number of hydrogen-bond acceptors (Lipinski definition) is 8. The topological polar surface area (TPSA) is 140 Å². The van der Waals surface area contributed by atoms with Crippen molar-refractivity contribution in [3.8, 4) is 6.07 Å². The van der Waals surface area contributed by atoms with Gasteiger partial charge in [-0.15, -0.1) is 0 Å². The van der Waals surface area contributed by atoms with E-state index in [1.54, 1.807) is 19.4 Å². The number of piperazine rings is 1. The summed E-state index contributed by atoms with van der Waals surface area (Å²) in [4.78, 5) is 43.9. The van der Waals surface area contributed by atoms with Gasteiger partial charge in [0.15, 0.2) is 0 Å². The Morgan fingerprint density at radius 3 is 2.57 bits per heavy atom. The second kappa shape index (κ2) is 13.2. The molecule has 11 heteroatoms. The van der Waals surface area contributed by atoms with Gasteiger partial charge in [-0.05, 0) is 38.1 Å². The Morgan fingerprint density at radius 2 is 1.97 bits per heavy atom. The Bertz CT molecular complexity index is 1170. The first-order chi connectivity index (χ1) is 16.7. The minimum absolute atomic E-state index is 0.126. The van der Waals surface area contributed by atoms with Gasteiger partial charge in [-0.1, -0.05) is 6.07 Å². The zero-order valence-corrected chi connectivity index (χ0v) is 20.6. The minimum atomic E-state index is -0.833. The van der Waals surface area contributed by atoms with Crippen molar-refractivity contribution < 1.29 is 19.4 Å². The van der Waals surface area contributed by atoms with Crippen molar-refractivity contribution in [1.29, 1.82) is 5.26 Å². The van der Waals surface area contributed by atoms with Crippen molar-refractivity contribution in [2.24, 2.45) is 0 Å². The van der Waals surface area contributed by atoms with Crippen molar-refractivity contribution in [3.63, 3.8) is 0 Å². The number of carbonyl (C=O) groups excluding carboxylic acids is 1. The average molecular weight is 485 g/mol. The number of aromatic nitrogens is 2. The zero-order valence-electron chi connectivity index (χ0n) is 20.6. The molecule has 188 valence electrons. The normalized spacial score (nSPS) is 14.1. The molecule has 1 amide bonds. The lowest BCUT2D eigenvalue weighted by Crippen LogP contribution is -2.45. The van der Waals surface area contributed by atoms with Crippen LogP contribution in [0.2, 0.25) is 0 Å². The van der Waals surface area contributed by atoms with Crippen LogP contribution < -0.4 is 15.8 Å². The van der Waals surface area contributed by atoms with Crippen LogP contribution in [0.4, 0.5) is 5.82 Å². The van der Waals surface area contributed by atoms with E-state index in [0.29, 0.717) is 44.1 Å². The molecule has 0 spiro atoms. The Hall–Kier alpha value is -3.75. The van der Waals surface area contributed by atoms with Gasteiger partial charge in [0.2, 0.25) is 0 Å². The number of carboxylic acids is 1. The van der Waals surface area contributed by atoms with Crippen LogP contribution in [0.5, 0.6) is 0 Å². The second-order valence-corrected chi connectivity index (χ2v) is 8.12. The van der Waals surface area contributed by atoms with E-state index >= 15 is 0 Å². The summed E-state index contributed by atoms with van der Waals surface area (Å²) < 4.78 is 6.44. The molecule has 1 fully saturated rings.